The highest BCUT2D eigenvalue weighted by atomic mass is 32.1. The first-order valence-electron chi connectivity index (χ1n) is 6.29. The van der Waals surface area contributed by atoms with Gasteiger partial charge in [-0.05, 0) is 18.3 Å². The van der Waals surface area contributed by atoms with Gasteiger partial charge < -0.3 is 10.0 Å². The van der Waals surface area contributed by atoms with E-state index in [2.05, 4.69) is 18.8 Å². The van der Waals surface area contributed by atoms with Gasteiger partial charge in [0, 0.05) is 24.2 Å². The van der Waals surface area contributed by atoms with E-state index >= 15 is 0 Å². The molecule has 1 amide bonds. The van der Waals surface area contributed by atoms with E-state index in [4.69, 9.17) is 0 Å². The molecule has 1 unspecified atom stereocenters. The Bertz CT molecular complexity index is 403. The summed E-state index contributed by atoms with van der Waals surface area (Å²) < 4.78 is 0. The molecular formula is C13H20N2O2S. The molecule has 0 radical (unpaired) electrons. The number of amides is 1. The maximum absolute atomic E-state index is 12.2. The molecule has 100 valence electrons. The van der Waals surface area contributed by atoms with Crippen LogP contribution in [0.2, 0.25) is 0 Å². The van der Waals surface area contributed by atoms with Crippen LogP contribution in [-0.2, 0) is 11.2 Å². The van der Waals surface area contributed by atoms with Crippen molar-refractivity contribution in [3.63, 3.8) is 0 Å². The Hall–Kier alpha value is -0.940. The van der Waals surface area contributed by atoms with E-state index in [0.717, 1.165) is 17.8 Å². The van der Waals surface area contributed by atoms with Crippen molar-refractivity contribution in [1.29, 1.82) is 0 Å². The second-order valence-corrected chi connectivity index (χ2v) is 6.74. The largest absolute Gasteiger partial charge is 0.393 e. The van der Waals surface area contributed by atoms with Gasteiger partial charge in [0.1, 0.15) is 0 Å². The lowest BCUT2D eigenvalue weighted by Crippen LogP contribution is -2.38. The number of rotatable bonds is 2. The minimum absolute atomic E-state index is 0.0146. The van der Waals surface area contributed by atoms with Gasteiger partial charge in [-0.3, -0.25) is 9.78 Å². The fourth-order valence-electron chi connectivity index (χ4n) is 2.51. The molecule has 1 fully saturated rings. The molecule has 1 aromatic rings. The number of nitrogens with zero attached hydrogens (tertiary/aromatic N) is 2. The van der Waals surface area contributed by atoms with Gasteiger partial charge in [-0.1, -0.05) is 13.8 Å². The van der Waals surface area contributed by atoms with E-state index in [1.165, 1.54) is 11.3 Å². The maximum atomic E-state index is 12.2. The average Bonchev–Trinajstić information content (AvgIpc) is 2.70. The first-order chi connectivity index (χ1) is 8.46. The van der Waals surface area contributed by atoms with Crippen LogP contribution in [0.1, 0.15) is 31.6 Å². The predicted octanol–water partition coefficient (Wildman–Crippen LogP) is 1.70. The van der Waals surface area contributed by atoms with E-state index in [0.29, 0.717) is 19.4 Å². The second-order valence-electron chi connectivity index (χ2n) is 5.77. The summed E-state index contributed by atoms with van der Waals surface area (Å²) in [6.07, 6.45) is 3.33. The highest BCUT2D eigenvalue weighted by molar-refractivity contribution is 7.09. The zero-order valence-corrected chi connectivity index (χ0v) is 11.7. The summed E-state index contributed by atoms with van der Waals surface area (Å²) in [4.78, 5) is 19.1. The molecule has 5 heteroatoms. The van der Waals surface area contributed by atoms with E-state index in [-0.39, 0.29) is 17.4 Å². The van der Waals surface area contributed by atoms with E-state index in [9.17, 15) is 9.90 Å². The molecule has 1 atom stereocenters. The summed E-state index contributed by atoms with van der Waals surface area (Å²) >= 11 is 1.51. The molecular weight excluding hydrogens is 248 g/mol. The maximum Gasteiger partial charge on any atom is 0.227 e. The molecule has 0 aromatic carbocycles. The number of thiazole rings is 1. The number of carbonyl (C=O) groups is 1. The first-order valence-corrected chi connectivity index (χ1v) is 7.17. The van der Waals surface area contributed by atoms with E-state index in [1.807, 2.05) is 4.90 Å². The quantitative estimate of drug-likeness (QED) is 0.888. The molecule has 0 bridgehead atoms. The smallest absolute Gasteiger partial charge is 0.227 e. The summed E-state index contributed by atoms with van der Waals surface area (Å²) in [5.74, 6) is 0.140. The second kappa shape index (κ2) is 5.36. The molecule has 2 heterocycles. The molecule has 0 saturated carbocycles. The first kappa shape index (κ1) is 13.5. The van der Waals surface area contributed by atoms with Gasteiger partial charge in [-0.15, -0.1) is 11.3 Å². The third-order valence-electron chi connectivity index (χ3n) is 3.30. The summed E-state index contributed by atoms with van der Waals surface area (Å²) in [7, 11) is 0. The lowest BCUT2D eigenvalue weighted by Gasteiger charge is -2.29. The van der Waals surface area contributed by atoms with Crippen molar-refractivity contribution in [2.45, 2.75) is 39.2 Å². The monoisotopic (exact) mass is 268 g/mol. The number of aliphatic hydroxyl groups excluding tert-OH is 1. The number of hydrogen-bond acceptors (Lipinski definition) is 4. The summed E-state index contributed by atoms with van der Waals surface area (Å²) in [5, 5.41) is 9.84. The van der Waals surface area contributed by atoms with Gasteiger partial charge in [0.25, 0.3) is 0 Å². The van der Waals surface area contributed by atoms with Crippen molar-refractivity contribution in [3.8, 4) is 0 Å². The van der Waals surface area contributed by atoms with Crippen LogP contribution in [0, 0.1) is 5.41 Å². The van der Waals surface area contributed by atoms with Crippen molar-refractivity contribution < 1.29 is 9.90 Å². The van der Waals surface area contributed by atoms with Gasteiger partial charge in [0.15, 0.2) is 0 Å². The molecule has 0 aliphatic carbocycles. The Kier molecular flexibility index (Phi) is 4.02. The van der Waals surface area contributed by atoms with Crippen LogP contribution in [0.15, 0.2) is 11.7 Å². The SMILES string of the molecule is CC1(C)CC(O)CCN(C(=O)Cc2cncs2)C1. The Morgan fingerprint density at radius 2 is 2.44 bits per heavy atom. The molecule has 4 nitrogen and oxygen atoms in total. The van der Waals surface area contributed by atoms with Crippen LogP contribution >= 0.6 is 11.3 Å². The number of hydrogen-bond donors (Lipinski definition) is 1. The number of likely N-dealkylation sites (tertiary alicyclic amines) is 1. The average molecular weight is 268 g/mol. The van der Waals surface area contributed by atoms with Crippen molar-refractivity contribution >= 4 is 17.2 Å². The number of aromatic nitrogens is 1. The normalized spacial score (nSPS) is 23.7. The Morgan fingerprint density at radius 1 is 1.67 bits per heavy atom. The van der Waals surface area contributed by atoms with Crippen LogP contribution < -0.4 is 0 Å². The van der Waals surface area contributed by atoms with Gasteiger partial charge >= 0.3 is 0 Å². The van der Waals surface area contributed by atoms with Crippen molar-refractivity contribution in [3.05, 3.63) is 16.6 Å². The number of carbonyl (C=O) groups excluding carboxylic acids is 1. The topological polar surface area (TPSA) is 53.4 Å². The van der Waals surface area contributed by atoms with Gasteiger partial charge in [0.2, 0.25) is 5.91 Å². The van der Waals surface area contributed by atoms with E-state index < -0.39 is 0 Å². The highest BCUT2D eigenvalue weighted by Gasteiger charge is 2.31. The lowest BCUT2D eigenvalue weighted by molar-refractivity contribution is -0.131. The molecule has 1 saturated heterocycles. The zero-order valence-electron chi connectivity index (χ0n) is 10.9. The predicted molar refractivity (Wildman–Crippen MR) is 71.4 cm³/mol. The minimum atomic E-state index is -0.291. The van der Waals surface area contributed by atoms with Crippen molar-refractivity contribution in [1.82, 2.24) is 9.88 Å². The van der Waals surface area contributed by atoms with Crippen LogP contribution in [0.3, 0.4) is 0 Å². The van der Waals surface area contributed by atoms with Crippen molar-refractivity contribution in [2.75, 3.05) is 13.1 Å². The fraction of sp³-hybridized carbons (Fsp3) is 0.692. The molecule has 1 aliphatic rings. The van der Waals surface area contributed by atoms with E-state index in [1.54, 1.807) is 11.7 Å². The summed E-state index contributed by atoms with van der Waals surface area (Å²) in [5.41, 5.74) is 1.73. The third-order valence-corrected chi connectivity index (χ3v) is 4.08. The zero-order chi connectivity index (χ0) is 13.2. The molecule has 18 heavy (non-hydrogen) atoms. The van der Waals surface area contributed by atoms with Gasteiger partial charge in [-0.2, -0.15) is 0 Å². The molecule has 2 rings (SSSR count). The third kappa shape index (κ3) is 3.53. The van der Waals surface area contributed by atoms with Crippen LogP contribution in [0.4, 0.5) is 0 Å². The highest BCUT2D eigenvalue weighted by Crippen LogP contribution is 2.28. The van der Waals surface area contributed by atoms with Gasteiger partial charge in [0.05, 0.1) is 18.0 Å². The minimum Gasteiger partial charge on any atom is -0.393 e. The summed E-state index contributed by atoms with van der Waals surface area (Å²) in [6.45, 7) is 5.59. The Morgan fingerprint density at radius 3 is 3.11 bits per heavy atom. The molecule has 0 spiro atoms. The van der Waals surface area contributed by atoms with Crippen molar-refractivity contribution in [2.24, 2.45) is 5.41 Å². The fourth-order valence-corrected chi connectivity index (χ4v) is 3.09. The molecule has 1 N–H and O–H groups in total. The number of aliphatic hydroxyl groups is 1. The van der Waals surface area contributed by atoms with Crippen LogP contribution in [-0.4, -0.2) is 40.1 Å². The summed E-state index contributed by atoms with van der Waals surface area (Å²) in [6, 6.07) is 0. The van der Waals surface area contributed by atoms with Crippen LogP contribution in [0.25, 0.3) is 0 Å². The molecule has 1 aromatic heterocycles. The molecule has 1 aliphatic heterocycles. The Labute approximate surface area is 112 Å². The standard InChI is InChI=1S/C13H20N2O2S/c1-13(2)6-10(16)3-4-15(8-13)12(17)5-11-7-14-9-18-11/h7,9-10,16H,3-6,8H2,1-2H3. The van der Waals surface area contributed by atoms with Crippen LogP contribution in [0.5, 0.6) is 0 Å². The lowest BCUT2D eigenvalue weighted by atomic mass is 9.87. The Balaban J connectivity index is 2.01. The van der Waals surface area contributed by atoms with Gasteiger partial charge in [-0.25, -0.2) is 0 Å².